The molecule has 3 aliphatic heterocycles. The predicted molar refractivity (Wildman–Crippen MR) is 155 cm³/mol. The van der Waals surface area contributed by atoms with Gasteiger partial charge in [0.2, 0.25) is 4.90 Å². The van der Waals surface area contributed by atoms with Gasteiger partial charge < -0.3 is 9.64 Å². The van der Waals surface area contributed by atoms with Crippen molar-refractivity contribution in [2.24, 2.45) is 5.92 Å². The highest BCUT2D eigenvalue weighted by Crippen LogP contribution is 2.48. The van der Waals surface area contributed by atoms with Crippen LogP contribution in [0.15, 0.2) is 59.5 Å². The molecule has 1 saturated heterocycles. The van der Waals surface area contributed by atoms with Crippen LogP contribution in [0.5, 0.6) is 5.75 Å². The molecule has 4 aliphatic rings. The third-order valence-corrected chi connectivity index (χ3v) is 10.8. The number of rotatable bonds is 9. The van der Waals surface area contributed by atoms with Gasteiger partial charge in [0.05, 0.1) is 13.2 Å². The molecule has 0 radical (unpaired) electrons. The highest BCUT2D eigenvalue weighted by Gasteiger charge is 2.39. The van der Waals surface area contributed by atoms with Crippen LogP contribution in [-0.4, -0.2) is 46.5 Å². The van der Waals surface area contributed by atoms with Crippen molar-refractivity contribution < 1.29 is 13.5 Å². The standard InChI is InChI=1S/C31H37ClN2O3S/c32-28-8-6-26-21-29(9-7-25(26)20-28)38(35,36)34(15-4-3-14-33-12-1-2-13-33)22-24-5-10-30-27-17-23(18-27)11-16-37-31(30)19-24/h5-10,19-21,23,27H,1-4,11-18,22H2/p+1. The zero-order valence-electron chi connectivity index (χ0n) is 22.0. The average Bonchev–Trinajstić information content (AvgIpc) is 3.39. The lowest BCUT2D eigenvalue weighted by molar-refractivity contribution is 0.172. The topological polar surface area (TPSA) is 53.0 Å². The van der Waals surface area contributed by atoms with E-state index in [2.05, 4.69) is 23.1 Å². The van der Waals surface area contributed by atoms with Crippen LogP contribution in [0.2, 0.25) is 5.02 Å². The third-order valence-electron chi connectivity index (χ3n) is 8.66. The summed E-state index contributed by atoms with van der Waals surface area (Å²) in [5, 5.41) is 2.54. The molecule has 38 heavy (non-hydrogen) atoms. The second kappa shape index (κ2) is 11.3. The predicted octanol–water partition coefficient (Wildman–Crippen LogP) is 7.39. The van der Waals surface area contributed by atoms with Crippen molar-refractivity contribution in [2.75, 3.05) is 32.8 Å². The largest absolute Gasteiger partial charge is 0.493 e. The van der Waals surface area contributed by atoms with Crippen LogP contribution < -0.4 is 4.74 Å². The summed E-state index contributed by atoms with van der Waals surface area (Å²) >= 11 is 6.16. The van der Waals surface area contributed by atoms with Crippen LogP contribution in [0, 0.1) is 5.92 Å². The molecule has 7 heteroatoms. The van der Waals surface area contributed by atoms with E-state index in [1.165, 1.54) is 44.3 Å². The van der Waals surface area contributed by atoms with Gasteiger partial charge in [0.25, 0.3) is 0 Å². The summed E-state index contributed by atoms with van der Waals surface area (Å²) in [5.41, 5.74) is 2.33. The van der Waals surface area contributed by atoms with Crippen molar-refractivity contribution >= 4 is 32.8 Å². The van der Waals surface area contributed by atoms with E-state index in [0.29, 0.717) is 28.9 Å². The number of ether oxygens (including phenoxy) is 1. The highest BCUT2D eigenvalue weighted by molar-refractivity contribution is 7.95. The molecule has 2 bridgehead atoms. The molecule has 5 nitrogen and oxygen atoms in total. The summed E-state index contributed by atoms with van der Waals surface area (Å²) in [6.45, 7) is 5.14. The second-order valence-corrected chi connectivity index (χ2v) is 13.7. The third kappa shape index (κ3) is 5.66. The Morgan fingerprint density at radius 1 is 1.00 bits per heavy atom. The van der Waals surface area contributed by atoms with Crippen molar-refractivity contribution in [2.45, 2.75) is 62.3 Å². The summed E-state index contributed by atoms with van der Waals surface area (Å²) < 4.78 is 33.6. The molecule has 0 amide bonds. The monoisotopic (exact) mass is 553 g/mol. The molecule has 3 aromatic rings. The van der Waals surface area contributed by atoms with Gasteiger partial charge in [0.1, 0.15) is 5.75 Å². The minimum Gasteiger partial charge on any atom is -0.493 e. The van der Waals surface area contributed by atoms with Crippen molar-refractivity contribution in [1.29, 1.82) is 0 Å². The number of unbranched alkanes of at least 4 members (excludes halogenated alkanes) is 1. The number of fused-ring (bicyclic) bond motifs is 3. The van der Waals surface area contributed by atoms with Gasteiger partial charge >= 0.3 is 10.4 Å². The molecule has 3 heterocycles. The van der Waals surface area contributed by atoms with Gasteiger partial charge in [0, 0.05) is 17.6 Å². The van der Waals surface area contributed by atoms with Crippen molar-refractivity contribution in [1.82, 2.24) is 9.21 Å². The molecular formula is C31H38ClN2O3S+. The van der Waals surface area contributed by atoms with Gasteiger partial charge in [-0.25, -0.2) is 0 Å². The molecule has 3 aromatic carbocycles. The van der Waals surface area contributed by atoms with E-state index in [1.807, 2.05) is 30.3 Å². The summed E-state index contributed by atoms with van der Waals surface area (Å²) in [6, 6.07) is 17.6. The lowest BCUT2D eigenvalue weighted by atomic mass is 9.69. The van der Waals surface area contributed by atoms with Crippen LogP contribution in [0.1, 0.15) is 62.0 Å². The Morgan fingerprint density at radius 2 is 1.79 bits per heavy atom. The van der Waals surface area contributed by atoms with Gasteiger partial charge in [-0.05, 0) is 133 Å². The number of hydrogen-bond acceptors (Lipinski definition) is 3. The summed E-state index contributed by atoms with van der Waals surface area (Å²) in [7, 11) is -3.44. The fourth-order valence-corrected chi connectivity index (χ4v) is 8.04. The summed E-state index contributed by atoms with van der Waals surface area (Å²) in [6.07, 6.45) is 8.12. The molecule has 2 fully saturated rings. The molecule has 7 rings (SSSR count). The van der Waals surface area contributed by atoms with Gasteiger partial charge in [-0.3, -0.25) is 0 Å². The maximum absolute atomic E-state index is 14.1. The smallest absolute Gasteiger partial charge is 0.326 e. The lowest BCUT2D eigenvalue weighted by Gasteiger charge is -2.39. The Balaban J connectivity index is 1.24. The van der Waals surface area contributed by atoms with Crippen LogP contribution in [0.25, 0.3) is 10.8 Å². The van der Waals surface area contributed by atoms with Crippen molar-refractivity contribution in [3.63, 3.8) is 0 Å². The fraction of sp³-hybridized carbons (Fsp3) is 0.484. The number of nitrogens with zero attached hydrogens (tertiary/aromatic N) is 2. The Bertz CT molecular complexity index is 1340. The molecule has 1 N–H and O–H groups in total. The zero-order chi connectivity index (χ0) is 26.1. The highest BCUT2D eigenvalue weighted by atomic mass is 35.5. The van der Waals surface area contributed by atoms with E-state index in [9.17, 15) is 8.76 Å². The van der Waals surface area contributed by atoms with Crippen LogP contribution >= 0.6 is 11.6 Å². The van der Waals surface area contributed by atoms with Gasteiger partial charge in [-0.1, -0.05) is 34.1 Å². The first-order valence-corrected chi connectivity index (χ1v) is 16.0. The zero-order valence-corrected chi connectivity index (χ0v) is 23.6. The van der Waals surface area contributed by atoms with Crippen LogP contribution in [0.4, 0.5) is 0 Å². The molecule has 1 saturated carbocycles. The van der Waals surface area contributed by atoms with Crippen LogP contribution in [-0.2, 0) is 21.2 Å². The Labute approximate surface area is 232 Å². The Hall–Kier alpha value is -1.96. The van der Waals surface area contributed by atoms with E-state index >= 15 is 0 Å². The molecular weight excluding hydrogens is 516 g/mol. The van der Waals surface area contributed by atoms with E-state index in [-0.39, 0.29) is 0 Å². The average molecular weight is 554 g/mol. The first kappa shape index (κ1) is 26.3. The molecule has 1 unspecified atom stereocenters. The molecule has 0 aromatic heterocycles. The van der Waals surface area contributed by atoms with Gasteiger partial charge in [-0.15, -0.1) is 0 Å². The SMILES string of the molecule is O=[S+](O)(c1ccc2cc(Cl)ccc2c1)N(CCCCN1CCCC1)Cc1ccc2c(c1)OCCC1CC2C1. The van der Waals surface area contributed by atoms with Gasteiger partial charge in [-0.2, -0.15) is 4.55 Å². The first-order chi connectivity index (χ1) is 18.5. The van der Waals surface area contributed by atoms with E-state index < -0.39 is 10.4 Å². The summed E-state index contributed by atoms with van der Waals surface area (Å²) in [5.74, 6) is 2.37. The van der Waals surface area contributed by atoms with Gasteiger partial charge in [0.15, 0.2) is 0 Å². The number of likely N-dealkylation sites (tertiary alicyclic amines) is 1. The first-order valence-electron chi connectivity index (χ1n) is 14.1. The molecule has 202 valence electrons. The Kier molecular flexibility index (Phi) is 7.79. The second-order valence-electron chi connectivity index (χ2n) is 11.3. The Morgan fingerprint density at radius 3 is 2.63 bits per heavy atom. The quantitative estimate of drug-likeness (QED) is 0.222. The van der Waals surface area contributed by atoms with Crippen molar-refractivity contribution in [3.05, 3.63) is 70.7 Å². The molecule has 1 atom stereocenters. The van der Waals surface area contributed by atoms with Crippen molar-refractivity contribution in [3.8, 4) is 5.75 Å². The number of halogens is 1. The fourth-order valence-electron chi connectivity index (χ4n) is 6.33. The van der Waals surface area contributed by atoms with E-state index in [1.54, 1.807) is 10.4 Å². The van der Waals surface area contributed by atoms with E-state index in [0.717, 1.165) is 60.4 Å². The molecule has 1 aliphatic carbocycles. The number of benzene rings is 3. The minimum absolute atomic E-state index is 0.404. The molecule has 0 spiro atoms. The van der Waals surface area contributed by atoms with Crippen LogP contribution in [0.3, 0.4) is 0 Å². The van der Waals surface area contributed by atoms with E-state index in [4.69, 9.17) is 16.3 Å². The maximum Gasteiger partial charge on any atom is 0.326 e. The summed E-state index contributed by atoms with van der Waals surface area (Å²) in [4.78, 5) is 2.95. The maximum atomic E-state index is 14.1. The normalized spacial score (nSPS) is 22.8. The number of hydrogen-bond donors (Lipinski definition) is 1. The minimum atomic E-state index is -3.44. The lowest BCUT2D eigenvalue weighted by Crippen LogP contribution is -2.37.